The Hall–Kier alpha value is -2.96. The third kappa shape index (κ3) is 3.13. The van der Waals surface area contributed by atoms with Crippen molar-refractivity contribution in [1.82, 2.24) is 19.6 Å². The number of anilines is 2. The molecule has 3 heterocycles. The number of benzene rings is 1. The molecule has 2 fully saturated rings. The molecule has 1 atom stereocenters. The number of hydrogen-bond acceptors (Lipinski definition) is 5. The maximum atomic E-state index is 12.7. The van der Waals surface area contributed by atoms with Crippen molar-refractivity contribution >= 4 is 23.1 Å². The predicted octanol–water partition coefficient (Wildman–Crippen LogP) is 2.86. The van der Waals surface area contributed by atoms with E-state index in [0.717, 1.165) is 42.4 Å². The lowest BCUT2D eigenvalue weighted by Crippen LogP contribution is -2.41. The third-order valence-corrected chi connectivity index (χ3v) is 5.41. The van der Waals surface area contributed by atoms with Crippen LogP contribution in [0.5, 0.6) is 0 Å². The highest BCUT2D eigenvalue weighted by atomic mass is 16.1. The van der Waals surface area contributed by atoms with E-state index in [-0.39, 0.29) is 11.8 Å². The van der Waals surface area contributed by atoms with E-state index < -0.39 is 0 Å². The Morgan fingerprint density at radius 2 is 1.96 bits per heavy atom. The first-order valence-electron chi connectivity index (χ1n) is 9.60. The number of fused-ring (bicyclic) bond motifs is 1. The van der Waals surface area contributed by atoms with Crippen LogP contribution in [0.4, 0.5) is 11.5 Å². The molecule has 1 aromatic carbocycles. The van der Waals surface area contributed by atoms with Gasteiger partial charge in [-0.1, -0.05) is 18.2 Å². The lowest BCUT2D eigenvalue weighted by atomic mass is 9.97. The minimum absolute atomic E-state index is 0.0631. The summed E-state index contributed by atoms with van der Waals surface area (Å²) in [6.07, 6.45) is 7.96. The summed E-state index contributed by atoms with van der Waals surface area (Å²) < 4.78 is 2.06. The fourth-order valence-corrected chi connectivity index (χ4v) is 3.82. The molecule has 1 saturated heterocycles. The van der Waals surface area contributed by atoms with E-state index in [1.807, 2.05) is 42.7 Å². The standard InChI is InChI=1S/C20H22N6O/c27-20(22-16-6-2-1-3-7-16)15-5-4-11-25(13-15)18-19-24-23-17(14-8-9-14)26(19)12-10-21-18/h1-3,6-7,10,12,14-15H,4-5,8-9,11,13H2,(H,22,27). The molecule has 27 heavy (non-hydrogen) atoms. The SMILES string of the molecule is O=C(Nc1ccccc1)C1CCCN(c2nccn3c(C4CC4)nnc23)C1. The van der Waals surface area contributed by atoms with Gasteiger partial charge in [0, 0.05) is 37.1 Å². The summed E-state index contributed by atoms with van der Waals surface area (Å²) in [4.78, 5) is 19.5. The van der Waals surface area contributed by atoms with E-state index in [4.69, 9.17) is 0 Å². The zero-order valence-corrected chi connectivity index (χ0v) is 15.1. The van der Waals surface area contributed by atoms with Gasteiger partial charge in [-0.15, -0.1) is 10.2 Å². The van der Waals surface area contributed by atoms with E-state index in [2.05, 4.69) is 29.8 Å². The number of carbonyl (C=O) groups excluding carboxylic acids is 1. The summed E-state index contributed by atoms with van der Waals surface area (Å²) in [5.74, 6) is 2.39. The summed E-state index contributed by atoms with van der Waals surface area (Å²) >= 11 is 0. The molecule has 1 aliphatic carbocycles. The van der Waals surface area contributed by atoms with Crippen molar-refractivity contribution in [3.05, 3.63) is 48.5 Å². The van der Waals surface area contributed by atoms with Crippen molar-refractivity contribution in [3.63, 3.8) is 0 Å². The minimum atomic E-state index is -0.0631. The normalized spacial score (nSPS) is 20.0. The lowest BCUT2D eigenvalue weighted by molar-refractivity contribution is -0.120. The summed E-state index contributed by atoms with van der Waals surface area (Å²) in [7, 11) is 0. The fraction of sp³-hybridized carbons (Fsp3) is 0.400. The summed E-state index contributed by atoms with van der Waals surface area (Å²) in [6, 6.07) is 9.62. The Kier molecular flexibility index (Phi) is 3.99. The zero-order chi connectivity index (χ0) is 18.2. The highest BCUT2D eigenvalue weighted by Crippen LogP contribution is 2.39. The largest absolute Gasteiger partial charge is 0.353 e. The van der Waals surface area contributed by atoms with Crippen LogP contribution >= 0.6 is 0 Å². The molecule has 2 aliphatic rings. The van der Waals surface area contributed by atoms with Crippen LogP contribution < -0.4 is 10.2 Å². The molecule has 138 valence electrons. The number of rotatable bonds is 4. The average molecular weight is 362 g/mol. The van der Waals surface area contributed by atoms with Gasteiger partial charge < -0.3 is 10.2 Å². The first-order chi connectivity index (χ1) is 13.3. The third-order valence-electron chi connectivity index (χ3n) is 5.41. The molecule has 2 aromatic heterocycles. The van der Waals surface area contributed by atoms with Crippen LogP contribution in [0.25, 0.3) is 5.65 Å². The van der Waals surface area contributed by atoms with Crippen LogP contribution in [0, 0.1) is 5.92 Å². The van der Waals surface area contributed by atoms with Gasteiger partial charge in [-0.25, -0.2) is 4.98 Å². The second kappa shape index (κ2) is 6.64. The van der Waals surface area contributed by atoms with Crippen LogP contribution in [0.2, 0.25) is 0 Å². The number of carbonyl (C=O) groups is 1. The number of hydrogen-bond donors (Lipinski definition) is 1. The molecule has 5 rings (SSSR count). The quantitative estimate of drug-likeness (QED) is 0.772. The highest BCUT2D eigenvalue weighted by molar-refractivity contribution is 5.93. The number of nitrogens with zero attached hydrogens (tertiary/aromatic N) is 5. The number of piperidine rings is 1. The Morgan fingerprint density at radius 1 is 1.11 bits per heavy atom. The molecule has 0 bridgehead atoms. The number of para-hydroxylation sites is 1. The molecule has 1 amide bonds. The van der Waals surface area contributed by atoms with Gasteiger partial charge in [0.1, 0.15) is 5.82 Å². The second-order valence-corrected chi connectivity index (χ2v) is 7.42. The van der Waals surface area contributed by atoms with Crippen LogP contribution in [0.1, 0.15) is 37.4 Å². The van der Waals surface area contributed by atoms with Gasteiger partial charge in [-0.3, -0.25) is 9.20 Å². The Bertz CT molecular complexity index is 965. The van der Waals surface area contributed by atoms with Crippen LogP contribution in [-0.2, 0) is 4.79 Å². The van der Waals surface area contributed by atoms with E-state index in [9.17, 15) is 4.79 Å². The van der Waals surface area contributed by atoms with Gasteiger partial charge in [0.25, 0.3) is 0 Å². The maximum Gasteiger partial charge on any atom is 0.229 e. The van der Waals surface area contributed by atoms with Crippen LogP contribution in [0.15, 0.2) is 42.7 Å². The molecule has 1 N–H and O–H groups in total. The highest BCUT2D eigenvalue weighted by Gasteiger charge is 2.31. The minimum Gasteiger partial charge on any atom is -0.353 e. The molecule has 3 aromatic rings. The van der Waals surface area contributed by atoms with Crippen LogP contribution in [-0.4, -0.2) is 38.6 Å². The van der Waals surface area contributed by atoms with Gasteiger partial charge in [0.2, 0.25) is 11.6 Å². The van der Waals surface area contributed by atoms with Crippen molar-refractivity contribution < 1.29 is 4.79 Å². The van der Waals surface area contributed by atoms with Gasteiger partial charge in [-0.2, -0.15) is 0 Å². The molecule has 0 spiro atoms. The molecule has 1 unspecified atom stereocenters. The predicted molar refractivity (Wildman–Crippen MR) is 103 cm³/mol. The second-order valence-electron chi connectivity index (χ2n) is 7.42. The molecule has 1 aliphatic heterocycles. The monoisotopic (exact) mass is 362 g/mol. The zero-order valence-electron chi connectivity index (χ0n) is 15.1. The topological polar surface area (TPSA) is 75.4 Å². The Balaban J connectivity index is 1.36. The smallest absolute Gasteiger partial charge is 0.229 e. The van der Waals surface area contributed by atoms with E-state index in [1.54, 1.807) is 0 Å². The Morgan fingerprint density at radius 3 is 2.78 bits per heavy atom. The molecule has 0 radical (unpaired) electrons. The number of nitrogens with one attached hydrogen (secondary N) is 1. The van der Waals surface area contributed by atoms with E-state index in [1.165, 1.54) is 12.8 Å². The van der Waals surface area contributed by atoms with E-state index >= 15 is 0 Å². The van der Waals surface area contributed by atoms with Gasteiger partial charge in [0.15, 0.2) is 5.82 Å². The lowest BCUT2D eigenvalue weighted by Gasteiger charge is -2.32. The van der Waals surface area contributed by atoms with Crippen molar-refractivity contribution in [1.29, 1.82) is 0 Å². The summed E-state index contributed by atoms with van der Waals surface area (Å²) in [6.45, 7) is 1.53. The molecule has 7 nitrogen and oxygen atoms in total. The van der Waals surface area contributed by atoms with Crippen LogP contribution in [0.3, 0.4) is 0 Å². The summed E-state index contributed by atoms with van der Waals surface area (Å²) in [5, 5.41) is 11.8. The molecular formula is C20H22N6O. The van der Waals surface area contributed by atoms with E-state index in [0.29, 0.717) is 12.5 Å². The van der Waals surface area contributed by atoms with Crippen molar-refractivity contribution in [3.8, 4) is 0 Å². The van der Waals surface area contributed by atoms with Gasteiger partial charge in [0.05, 0.1) is 5.92 Å². The number of aromatic nitrogens is 4. The first-order valence-corrected chi connectivity index (χ1v) is 9.60. The van der Waals surface area contributed by atoms with Crippen molar-refractivity contribution in [2.45, 2.75) is 31.6 Å². The number of amides is 1. The maximum absolute atomic E-state index is 12.7. The first kappa shape index (κ1) is 16.2. The molecule has 7 heteroatoms. The van der Waals surface area contributed by atoms with Gasteiger partial charge in [-0.05, 0) is 37.8 Å². The molecule has 1 saturated carbocycles. The van der Waals surface area contributed by atoms with Gasteiger partial charge >= 0.3 is 0 Å². The fourth-order valence-electron chi connectivity index (χ4n) is 3.82. The Labute approximate surface area is 157 Å². The van der Waals surface area contributed by atoms with Crippen molar-refractivity contribution in [2.75, 3.05) is 23.3 Å². The molecular weight excluding hydrogens is 340 g/mol. The average Bonchev–Trinajstić information content (AvgIpc) is 3.47. The van der Waals surface area contributed by atoms with Crippen molar-refractivity contribution in [2.24, 2.45) is 5.92 Å². The summed E-state index contributed by atoms with van der Waals surface area (Å²) in [5.41, 5.74) is 1.63.